The van der Waals surface area contributed by atoms with Crippen LogP contribution in [0.3, 0.4) is 0 Å². The lowest BCUT2D eigenvalue weighted by molar-refractivity contribution is 0.0745. The monoisotopic (exact) mass is 273 g/mol. The van der Waals surface area contributed by atoms with Crippen molar-refractivity contribution in [1.82, 2.24) is 4.57 Å². The highest BCUT2D eigenvalue weighted by Gasteiger charge is 2.43. The molecule has 20 heavy (non-hydrogen) atoms. The number of hydrogen-bond donors (Lipinski definition) is 1. The first-order valence-corrected chi connectivity index (χ1v) is 7.41. The highest BCUT2D eigenvalue weighted by Crippen LogP contribution is 2.52. The van der Waals surface area contributed by atoms with E-state index in [0.717, 1.165) is 23.4 Å². The predicted molar refractivity (Wildman–Crippen MR) is 75.4 cm³/mol. The fraction of sp³-hybridized carbons (Fsp3) is 0.562. The number of aromatic nitrogens is 1. The Labute approximate surface area is 117 Å². The molecule has 0 radical (unpaired) electrons. The summed E-state index contributed by atoms with van der Waals surface area (Å²) in [4.78, 5) is 11.5. The van der Waals surface area contributed by atoms with E-state index < -0.39 is 6.10 Å². The van der Waals surface area contributed by atoms with Crippen LogP contribution in [0.1, 0.15) is 37.4 Å². The van der Waals surface area contributed by atoms with Crippen LogP contribution in [0.4, 0.5) is 0 Å². The normalized spacial score (nSPS) is 30.2. The molecule has 0 saturated heterocycles. The first kappa shape index (κ1) is 12.2. The third-order valence-electron chi connectivity index (χ3n) is 5.36. The van der Waals surface area contributed by atoms with E-state index in [1.807, 2.05) is 18.2 Å². The molecule has 2 saturated carbocycles. The van der Waals surface area contributed by atoms with Crippen molar-refractivity contribution in [2.24, 2.45) is 24.8 Å². The summed E-state index contributed by atoms with van der Waals surface area (Å²) in [6.07, 6.45) is 4.59. The molecule has 0 aliphatic heterocycles. The third kappa shape index (κ3) is 1.67. The van der Waals surface area contributed by atoms with Crippen molar-refractivity contribution in [3.05, 3.63) is 34.3 Å². The number of nitrogens with zero attached hydrogens (tertiary/aromatic N) is 1. The molecule has 1 aromatic heterocycles. The van der Waals surface area contributed by atoms with E-state index in [-0.39, 0.29) is 5.76 Å². The average molecular weight is 273 g/mol. The van der Waals surface area contributed by atoms with Crippen LogP contribution in [-0.4, -0.2) is 9.67 Å². The Morgan fingerprint density at radius 3 is 2.90 bits per heavy atom. The third-order valence-corrected chi connectivity index (χ3v) is 5.36. The second-order valence-electron chi connectivity index (χ2n) is 6.44. The molecular formula is C16H19NO3. The van der Waals surface area contributed by atoms with E-state index in [4.69, 9.17) is 4.42 Å². The Morgan fingerprint density at radius 1 is 1.35 bits per heavy atom. The van der Waals surface area contributed by atoms with Crippen LogP contribution >= 0.6 is 0 Å². The molecule has 4 unspecified atom stereocenters. The molecule has 2 aromatic rings. The molecule has 106 valence electrons. The van der Waals surface area contributed by atoms with Crippen molar-refractivity contribution in [2.45, 2.75) is 31.8 Å². The zero-order valence-corrected chi connectivity index (χ0v) is 11.6. The summed E-state index contributed by atoms with van der Waals surface area (Å²) in [5.41, 5.74) is 2.22. The van der Waals surface area contributed by atoms with Gasteiger partial charge in [-0.1, -0.05) is 12.5 Å². The summed E-state index contributed by atoms with van der Waals surface area (Å²) in [6.45, 7) is 0. The van der Waals surface area contributed by atoms with Gasteiger partial charge in [-0.2, -0.15) is 0 Å². The lowest BCUT2D eigenvalue weighted by atomic mass is 9.82. The lowest BCUT2D eigenvalue weighted by Gasteiger charge is -2.27. The molecule has 4 atom stereocenters. The maximum Gasteiger partial charge on any atom is 0.419 e. The van der Waals surface area contributed by atoms with Gasteiger partial charge in [0.15, 0.2) is 5.58 Å². The number of fused-ring (bicyclic) bond motifs is 3. The molecule has 2 aliphatic rings. The highest BCUT2D eigenvalue weighted by molar-refractivity contribution is 5.73. The minimum Gasteiger partial charge on any atom is -0.408 e. The van der Waals surface area contributed by atoms with Crippen LogP contribution in [0.25, 0.3) is 11.1 Å². The Bertz CT molecular complexity index is 714. The van der Waals surface area contributed by atoms with Crippen LogP contribution in [0.15, 0.2) is 27.4 Å². The summed E-state index contributed by atoms with van der Waals surface area (Å²) >= 11 is 0. The van der Waals surface area contributed by atoms with Crippen molar-refractivity contribution in [2.75, 3.05) is 0 Å². The first-order valence-electron chi connectivity index (χ1n) is 7.41. The van der Waals surface area contributed by atoms with Crippen molar-refractivity contribution in [3.63, 3.8) is 0 Å². The van der Waals surface area contributed by atoms with Crippen molar-refractivity contribution in [1.29, 1.82) is 0 Å². The van der Waals surface area contributed by atoms with Crippen molar-refractivity contribution in [3.8, 4) is 0 Å². The maximum absolute atomic E-state index is 11.5. The van der Waals surface area contributed by atoms with Gasteiger partial charge in [0.1, 0.15) is 0 Å². The molecule has 1 aromatic carbocycles. The van der Waals surface area contributed by atoms with Crippen LogP contribution in [0.2, 0.25) is 0 Å². The van der Waals surface area contributed by atoms with Gasteiger partial charge in [-0.15, -0.1) is 0 Å². The van der Waals surface area contributed by atoms with Crippen LogP contribution in [-0.2, 0) is 7.05 Å². The minimum atomic E-state index is -0.430. The van der Waals surface area contributed by atoms with Gasteiger partial charge >= 0.3 is 5.76 Å². The number of hydrogen-bond acceptors (Lipinski definition) is 3. The van der Waals surface area contributed by atoms with E-state index in [1.54, 1.807) is 7.05 Å². The second kappa shape index (κ2) is 4.22. The van der Waals surface area contributed by atoms with Crippen LogP contribution in [0.5, 0.6) is 0 Å². The van der Waals surface area contributed by atoms with Gasteiger partial charge in [-0.05, 0) is 54.7 Å². The Kier molecular flexibility index (Phi) is 2.58. The molecule has 4 rings (SSSR count). The fourth-order valence-electron chi connectivity index (χ4n) is 4.26. The lowest BCUT2D eigenvalue weighted by Crippen LogP contribution is -2.19. The molecule has 2 fully saturated rings. The maximum atomic E-state index is 11.5. The van der Waals surface area contributed by atoms with Gasteiger partial charge in [-0.3, -0.25) is 4.57 Å². The SMILES string of the molecule is Cn1c(=O)oc2cc(C(O)C3CC4CCC3C4)ccc21. The van der Waals surface area contributed by atoms with Crippen molar-refractivity contribution < 1.29 is 9.52 Å². The molecule has 2 bridgehead atoms. The fourth-order valence-corrected chi connectivity index (χ4v) is 4.26. The number of oxazole rings is 1. The smallest absolute Gasteiger partial charge is 0.408 e. The Morgan fingerprint density at radius 2 is 2.20 bits per heavy atom. The standard InChI is InChI=1S/C16H19NO3/c1-17-13-5-4-11(8-14(13)20-16(17)19)15(18)12-7-9-2-3-10(12)6-9/h4-5,8-10,12,15,18H,2-3,6-7H2,1H3. The van der Waals surface area contributed by atoms with Crippen LogP contribution < -0.4 is 5.76 Å². The summed E-state index contributed by atoms with van der Waals surface area (Å²) in [7, 11) is 1.69. The number of aliphatic hydroxyl groups excluding tert-OH is 1. The molecule has 4 nitrogen and oxygen atoms in total. The predicted octanol–water partition coefficient (Wildman–Crippen LogP) is 2.60. The summed E-state index contributed by atoms with van der Waals surface area (Å²) in [5, 5.41) is 10.7. The van der Waals surface area contributed by atoms with Gasteiger partial charge in [0.25, 0.3) is 0 Å². The van der Waals surface area contributed by atoms with E-state index in [0.29, 0.717) is 17.4 Å². The van der Waals surface area contributed by atoms with Gasteiger partial charge in [-0.25, -0.2) is 4.79 Å². The topological polar surface area (TPSA) is 55.4 Å². The number of benzene rings is 1. The van der Waals surface area contributed by atoms with E-state index in [2.05, 4.69) is 0 Å². The van der Waals surface area contributed by atoms with Crippen molar-refractivity contribution >= 4 is 11.1 Å². The molecule has 0 spiro atoms. The molecule has 1 N–H and O–H groups in total. The van der Waals surface area contributed by atoms with E-state index >= 15 is 0 Å². The zero-order chi connectivity index (χ0) is 13.9. The number of aliphatic hydroxyl groups is 1. The molecule has 4 heteroatoms. The summed E-state index contributed by atoms with van der Waals surface area (Å²) in [5.74, 6) is 1.51. The first-order chi connectivity index (χ1) is 9.63. The Balaban J connectivity index is 1.69. The second-order valence-corrected chi connectivity index (χ2v) is 6.44. The quantitative estimate of drug-likeness (QED) is 0.915. The summed E-state index contributed by atoms with van der Waals surface area (Å²) in [6, 6.07) is 5.62. The largest absolute Gasteiger partial charge is 0.419 e. The molecule has 2 aliphatic carbocycles. The molecular weight excluding hydrogens is 254 g/mol. The van der Waals surface area contributed by atoms with Gasteiger partial charge in [0.05, 0.1) is 11.6 Å². The van der Waals surface area contributed by atoms with E-state index in [1.165, 1.54) is 23.8 Å². The average Bonchev–Trinajstić information content (AvgIpc) is 3.14. The number of rotatable bonds is 2. The minimum absolute atomic E-state index is 0.355. The van der Waals surface area contributed by atoms with E-state index in [9.17, 15) is 9.90 Å². The van der Waals surface area contributed by atoms with Gasteiger partial charge in [0, 0.05) is 7.05 Å². The highest BCUT2D eigenvalue weighted by atomic mass is 16.4. The number of aryl methyl sites for hydroxylation is 1. The molecule has 1 heterocycles. The van der Waals surface area contributed by atoms with Gasteiger partial charge < -0.3 is 9.52 Å². The zero-order valence-electron chi connectivity index (χ0n) is 11.6. The van der Waals surface area contributed by atoms with Gasteiger partial charge in [0.2, 0.25) is 0 Å². The van der Waals surface area contributed by atoms with Crippen LogP contribution in [0, 0.1) is 17.8 Å². The molecule has 0 amide bonds. The Hall–Kier alpha value is -1.55. The summed E-state index contributed by atoms with van der Waals surface area (Å²) < 4.78 is 6.70.